The highest BCUT2D eigenvalue weighted by Gasteiger charge is 2.47. The first kappa shape index (κ1) is 17.0. The first-order valence-corrected chi connectivity index (χ1v) is 9.68. The molecule has 1 aromatic heterocycles. The molecule has 1 aliphatic carbocycles. The van der Waals surface area contributed by atoms with Crippen LogP contribution in [0.1, 0.15) is 26.2 Å². The monoisotopic (exact) mass is 350 g/mol. The van der Waals surface area contributed by atoms with Gasteiger partial charge in [0.2, 0.25) is 5.91 Å². The highest BCUT2D eigenvalue weighted by Crippen LogP contribution is 2.46. The number of aromatic nitrogens is 2. The largest absolute Gasteiger partial charge is 0.356 e. The summed E-state index contributed by atoms with van der Waals surface area (Å²) in [4.78, 5) is 14.6. The van der Waals surface area contributed by atoms with Crippen molar-refractivity contribution in [1.82, 2.24) is 15.5 Å². The first-order chi connectivity index (χ1) is 12.8. The smallest absolute Gasteiger partial charge is 0.223 e. The van der Waals surface area contributed by atoms with E-state index in [1.165, 1.54) is 0 Å². The van der Waals surface area contributed by atoms with Crippen LogP contribution < -0.4 is 10.2 Å². The number of carbonyl (C=O) groups excluding carboxylic acids is 1. The number of piperidine rings is 1. The van der Waals surface area contributed by atoms with E-state index in [1.54, 1.807) is 0 Å². The second-order valence-electron chi connectivity index (χ2n) is 7.43. The number of nitrogens with one attached hydrogen (secondary N) is 1. The summed E-state index contributed by atoms with van der Waals surface area (Å²) < 4.78 is 0. The van der Waals surface area contributed by atoms with Gasteiger partial charge in [0.05, 0.1) is 5.69 Å². The second-order valence-corrected chi connectivity index (χ2v) is 7.43. The third-order valence-electron chi connectivity index (χ3n) is 5.81. The molecule has 2 aromatic rings. The van der Waals surface area contributed by atoms with Gasteiger partial charge in [-0.3, -0.25) is 4.79 Å². The van der Waals surface area contributed by atoms with E-state index in [2.05, 4.69) is 33.4 Å². The average molecular weight is 350 g/mol. The highest BCUT2D eigenvalue weighted by atomic mass is 16.1. The van der Waals surface area contributed by atoms with E-state index < -0.39 is 0 Å². The predicted octanol–water partition coefficient (Wildman–Crippen LogP) is 3.13. The van der Waals surface area contributed by atoms with Gasteiger partial charge in [-0.15, -0.1) is 10.2 Å². The Morgan fingerprint density at radius 1 is 1.19 bits per heavy atom. The molecule has 1 aromatic carbocycles. The molecule has 1 aliphatic heterocycles. The van der Waals surface area contributed by atoms with Crippen molar-refractivity contribution in [2.45, 2.75) is 26.2 Å². The van der Waals surface area contributed by atoms with E-state index in [-0.39, 0.29) is 11.8 Å². The Bertz CT molecular complexity index is 746. The zero-order chi connectivity index (χ0) is 17.9. The SMILES string of the molecule is CCCNC(=O)[C@@H]1C[C@H]2CCN(c3ccc(-c4ccccc4)nn3)C[C@H]21. The normalized spacial score (nSPS) is 24.5. The zero-order valence-corrected chi connectivity index (χ0v) is 15.3. The van der Waals surface area contributed by atoms with Crippen LogP contribution in [0.15, 0.2) is 42.5 Å². The summed E-state index contributed by atoms with van der Waals surface area (Å²) in [6.45, 7) is 4.78. The number of fused-ring (bicyclic) bond motifs is 1. The maximum Gasteiger partial charge on any atom is 0.223 e. The van der Waals surface area contributed by atoms with Crippen molar-refractivity contribution < 1.29 is 4.79 Å². The Morgan fingerprint density at radius 3 is 2.77 bits per heavy atom. The van der Waals surface area contributed by atoms with E-state index in [9.17, 15) is 4.79 Å². The second kappa shape index (κ2) is 7.44. The Hall–Kier alpha value is -2.43. The standard InChI is InChI=1S/C21H26N4O/c1-2-11-22-21(26)17-13-16-10-12-25(14-18(16)17)20-9-8-19(23-24-20)15-6-4-3-5-7-15/h3-9,16-18H,2,10-14H2,1H3,(H,22,26)/t16-,17-,18-/m1/s1. The Morgan fingerprint density at radius 2 is 2.04 bits per heavy atom. The van der Waals surface area contributed by atoms with Crippen molar-refractivity contribution in [1.29, 1.82) is 0 Å². The van der Waals surface area contributed by atoms with Gasteiger partial charge in [0, 0.05) is 31.1 Å². The summed E-state index contributed by atoms with van der Waals surface area (Å²) >= 11 is 0. The number of hydrogen-bond acceptors (Lipinski definition) is 4. The van der Waals surface area contributed by atoms with Gasteiger partial charge >= 0.3 is 0 Å². The number of hydrogen-bond donors (Lipinski definition) is 1. The fraction of sp³-hybridized carbons (Fsp3) is 0.476. The molecule has 0 unspecified atom stereocenters. The lowest BCUT2D eigenvalue weighted by molar-refractivity contribution is -0.133. The Kier molecular flexibility index (Phi) is 4.87. The fourth-order valence-electron chi connectivity index (χ4n) is 4.23. The molecule has 26 heavy (non-hydrogen) atoms. The molecule has 136 valence electrons. The fourth-order valence-corrected chi connectivity index (χ4v) is 4.23. The van der Waals surface area contributed by atoms with Crippen LogP contribution in [0.4, 0.5) is 5.82 Å². The third kappa shape index (κ3) is 3.30. The molecule has 0 radical (unpaired) electrons. The summed E-state index contributed by atoms with van der Waals surface area (Å²) in [5, 5.41) is 11.9. The summed E-state index contributed by atoms with van der Waals surface area (Å²) in [6.07, 6.45) is 3.18. The van der Waals surface area contributed by atoms with Crippen molar-refractivity contribution in [3.05, 3.63) is 42.5 Å². The van der Waals surface area contributed by atoms with Gasteiger partial charge in [-0.05, 0) is 43.2 Å². The van der Waals surface area contributed by atoms with Crippen LogP contribution in [0.5, 0.6) is 0 Å². The molecule has 3 atom stereocenters. The Balaban J connectivity index is 1.42. The van der Waals surface area contributed by atoms with Crippen LogP contribution in [-0.2, 0) is 4.79 Å². The number of anilines is 1. The van der Waals surface area contributed by atoms with Crippen LogP contribution in [-0.4, -0.2) is 35.7 Å². The summed E-state index contributed by atoms with van der Waals surface area (Å²) in [7, 11) is 0. The van der Waals surface area contributed by atoms with Crippen LogP contribution in [0.25, 0.3) is 11.3 Å². The number of benzene rings is 1. The summed E-state index contributed by atoms with van der Waals surface area (Å²) in [5.74, 6) is 2.48. The van der Waals surface area contributed by atoms with Gasteiger partial charge in [-0.25, -0.2) is 0 Å². The third-order valence-corrected chi connectivity index (χ3v) is 5.81. The van der Waals surface area contributed by atoms with Crippen LogP contribution in [0.2, 0.25) is 0 Å². The Labute approximate surface area is 154 Å². The van der Waals surface area contributed by atoms with E-state index in [0.29, 0.717) is 11.8 Å². The molecule has 5 heteroatoms. The van der Waals surface area contributed by atoms with Crippen LogP contribution in [0.3, 0.4) is 0 Å². The zero-order valence-electron chi connectivity index (χ0n) is 15.3. The van der Waals surface area contributed by atoms with Crippen LogP contribution >= 0.6 is 0 Å². The van der Waals surface area contributed by atoms with Gasteiger partial charge in [0.1, 0.15) is 0 Å². The molecule has 2 fully saturated rings. The van der Waals surface area contributed by atoms with Gasteiger partial charge in [0.15, 0.2) is 5.82 Å². The van der Waals surface area contributed by atoms with E-state index in [1.807, 2.05) is 36.4 Å². The van der Waals surface area contributed by atoms with Gasteiger partial charge in [-0.1, -0.05) is 37.3 Å². The first-order valence-electron chi connectivity index (χ1n) is 9.68. The molecule has 4 rings (SSSR count). The van der Waals surface area contributed by atoms with Crippen molar-refractivity contribution in [2.75, 3.05) is 24.5 Å². The molecule has 1 amide bonds. The van der Waals surface area contributed by atoms with Gasteiger partial charge < -0.3 is 10.2 Å². The lowest BCUT2D eigenvalue weighted by Crippen LogP contribution is -2.55. The quantitative estimate of drug-likeness (QED) is 0.900. The van der Waals surface area contributed by atoms with Gasteiger partial charge in [0.25, 0.3) is 0 Å². The van der Waals surface area contributed by atoms with Crippen molar-refractivity contribution in [2.24, 2.45) is 17.8 Å². The molecular weight excluding hydrogens is 324 g/mol. The lowest BCUT2D eigenvalue weighted by atomic mass is 9.61. The number of carbonyl (C=O) groups is 1. The van der Waals surface area contributed by atoms with E-state index in [4.69, 9.17) is 0 Å². The van der Waals surface area contributed by atoms with Crippen molar-refractivity contribution in [3.8, 4) is 11.3 Å². The maximum atomic E-state index is 12.3. The van der Waals surface area contributed by atoms with Crippen molar-refractivity contribution in [3.63, 3.8) is 0 Å². The molecule has 5 nitrogen and oxygen atoms in total. The average Bonchev–Trinajstić information content (AvgIpc) is 2.68. The molecule has 1 saturated heterocycles. The lowest BCUT2D eigenvalue weighted by Gasteiger charge is -2.50. The number of nitrogens with zero attached hydrogens (tertiary/aromatic N) is 3. The van der Waals surface area contributed by atoms with E-state index in [0.717, 1.165) is 56.0 Å². The summed E-state index contributed by atoms with van der Waals surface area (Å²) in [5.41, 5.74) is 1.97. The topological polar surface area (TPSA) is 58.1 Å². The molecule has 1 saturated carbocycles. The van der Waals surface area contributed by atoms with E-state index >= 15 is 0 Å². The number of amides is 1. The van der Waals surface area contributed by atoms with Crippen LogP contribution in [0, 0.1) is 17.8 Å². The molecule has 0 bridgehead atoms. The van der Waals surface area contributed by atoms with Crippen molar-refractivity contribution >= 4 is 11.7 Å². The highest BCUT2D eigenvalue weighted by molar-refractivity contribution is 5.80. The molecule has 1 N–H and O–H groups in total. The minimum atomic E-state index is 0.172. The summed E-state index contributed by atoms with van der Waals surface area (Å²) in [6, 6.07) is 14.2. The van der Waals surface area contributed by atoms with Gasteiger partial charge in [-0.2, -0.15) is 0 Å². The maximum absolute atomic E-state index is 12.3. The predicted molar refractivity (Wildman–Crippen MR) is 103 cm³/mol. The minimum Gasteiger partial charge on any atom is -0.356 e. The minimum absolute atomic E-state index is 0.172. The molecule has 2 heterocycles. The molecule has 0 spiro atoms. The molecular formula is C21H26N4O. The number of rotatable bonds is 5. The molecule has 2 aliphatic rings.